The van der Waals surface area contributed by atoms with Gasteiger partial charge in [-0.25, -0.2) is 4.98 Å². The number of benzene rings is 1. The second-order valence-electron chi connectivity index (χ2n) is 6.10. The molecule has 0 amide bonds. The minimum Gasteiger partial charge on any atom is -0.466 e. The van der Waals surface area contributed by atoms with Crippen LogP contribution in [-0.2, 0) is 20.7 Å². The van der Waals surface area contributed by atoms with Crippen molar-refractivity contribution in [3.05, 3.63) is 45.0 Å². The van der Waals surface area contributed by atoms with Crippen LogP contribution in [0.15, 0.2) is 28.7 Å². The van der Waals surface area contributed by atoms with E-state index in [4.69, 9.17) is 9.47 Å². The molecule has 0 spiro atoms. The van der Waals surface area contributed by atoms with Gasteiger partial charge in [-0.15, -0.1) is 11.3 Å². The highest BCUT2D eigenvalue weighted by atomic mass is 32.1. The lowest BCUT2D eigenvalue weighted by Gasteiger charge is -2.29. The summed E-state index contributed by atoms with van der Waals surface area (Å²) in [5.74, 6) is -0.334. The van der Waals surface area contributed by atoms with Gasteiger partial charge in [-0.3, -0.25) is 20.3 Å². The normalized spacial score (nSPS) is 14.2. The van der Waals surface area contributed by atoms with Gasteiger partial charge in [-0.05, 0) is 13.0 Å². The predicted octanol–water partition coefficient (Wildman–Crippen LogP) is 2.44. The van der Waals surface area contributed by atoms with E-state index in [9.17, 15) is 14.9 Å². The first-order valence-corrected chi connectivity index (χ1v) is 9.95. The third-order valence-corrected chi connectivity index (χ3v) is 4.92. The number of aromatic nitrogens is 1. The molecule has 0 radical (unpaired) electrons. The number of ether oxygens (including phenoxy) is 2. The Morgan fingerprint density at radius 1 is 1.48 bits per heavy atom. The minimum atomic E-state index is -0.434. The van der Waals surface area contributed by atoms with E-state index in [1.165, 1.54) is 29.7 Å². The molecule has 1 aliphatic rings. The number of non-ortho nitro benzene ring substituents is 1. The topological polar surface area (TPSA) is 119 Å². The average molecular weight is 419 g/mol. The van der Waals surface area contributed by atoms with E-state index in [1.54, 1.807) is 18.4 Å². The Bertz CT molecular complexity index is 895. The van der Waals surface area contributed by atoms with Crippen molar-refractivity contribution >= 4 is 40.0 Å². The van der Waals surface area contributed by atoms with E-state index in [0.717, 1.165) is 5.69 Å². The van der Waals surface area contributed by atoms with E-state index >= 15 is 0 Å². The molecule has 1 aliphatic heterocycles. The number of nitrogens with one attached hydrogen (secondary N) is 1. The number of carbonyl (C=O) groups excluding carboxylic acids is 1. The molecule has 29 heavy (non-hydrogen) atoms. The Kier molecular flexibility index (Phi) is 7.09. The number of morpholine rings is 1. The number of hydrogen-bond donors (Lipinski definition) is 1. The van der Waals surface area contributed by atoms with E-state index < -0.39 is 4.92 Å². The van der Waals surface area contributed by atoms with Gasteiger partial charge in [0.05, 0.1) is 43.1 Å². The molecule has 1 N–H and O–H groups in total. The molecule has 1 aromatic carbocycles. The van der Waals surface area contributed by atoms with Crippen LogP contribution in [0.4, 0.5) is 16.5 Å². The van der Waals surface area contributed by atoms with Gasteiger partial charge in [0.2, 0.25) is 5.13 Å². The first-order chi connectivity index (χ1) is 14.1. The fourth-order valence-electron chi connectivity index (χ4n) is 2.81. The van der Waals surface area contributed by atoms with Crippen molar-refractivity contribution in [2.45, 2.75) is 13.3 Å². The van der Waals surface area contributed by atoms with Crippen LogP contribution in [0.5, 0.6) is 0 Å². The smallest absolute Gasteiger partial charge is 0.311 e. The van der Waals surface area contributed by atoms with E-state index in [-0.39, 0.29) is 18.1 Å². The van der Waals surface area contributed by atoms with E-state index in [2.05, 4.69) is 20.4 Å². The zero-order valence-electron chi connectivity index (χ0n) is 15.9. The average Bonchev–Trinajstić information content (AvgIpc) is 3.15. The minimum absolute atomic E-state index is 0.00516. The van der Waals surface area contributed by atoms with Crippen LogP contribution in [0.2, 0.25) is 0 Å². The summed E-state index contributed by atoms with van der Waals surface area (Å²) in [5.41, 5.74) is 4.87. The number of nitrogens with zero attached hydrogens (tertiary/aromatic N) is 4. The molecule has 11 heteroatoms. The third-order valence-electron chi connectivity index (χ3n) is 4.12. The van der Waals surface area contributed by atoms with Crippen LogP contribution >= 0.6 is 11.3 Å². The molecule has 2 heterocycles. The fraction of sp³-hybridized carbons (Fsp3) is 0.389. The fourth-order valence-corrected chi connectivity index (χ4v) is 3.47. The molecular formula is C18H21N5O5S. The molecule has 1 fully saturated rings. The zero-order valence-corrected chi connectivity index (χ0v) is 16.7. The van der Waals surface area contributed by atoms with Crippen molar-refractivity contribution in [1.29, 1.82) is 0 Å². The molecule has 2 aromatic rings. The van der Waals surface area contributed by atoms with Crippen LogP contribution in [-0.4, -0.2) is 55.0 Å². The van der Waals surface area contributed by atoms with Gasteiger partial charge in [0.1, 0.15) is 0 Å². The van der Waals surface area contributed by atoms with Gasteiger partial charge < -0.3 is 14.4 Å². The summed E-state index contributed by atoms with van der Waals surface area (Å²) >= 11 is 1.31. The van der Waals surface area contributed by atoms with Gasteiger partial charge in [-0.1, -0.05) is 0 Å². The molecule has 0 atom stereocenters. The Balaban J connectivity index is 1.71. The molecule has 0 bridgehead atoms. The molecule has 3 rings (SSSR count). The third kappa shape index (κ3) is 5.72. The van der Waals surface area contributed by atoms with Gasteiger partial charge >= 0.3 is 5.97 Å². The molecular weight excluding hydrogens is 398 g/mol. The standard InChI is InChI=1S/C18H21N5O5S/c1-2-28-17(24)10-14-12-29-18(20-14)21-19-11-13-9-15(23(25)26)3-4-16(13)22-5-7-27-8-6-22/h3-4,9,11-12H,2,5-8,10H2,1H3,(H,20,21). The lowest BCUT2D eigenvalue weighted by Crippen LogP contribution is -2.36. The first-order valence-electron chi connectivity index (χ1n) is 9.07. The number of nitro benzene ring substituents is 1. The molecule has 0 saturated carbocycles. The Labute approximate surface area is 171 Å². The van der Waals surface area contributed by atoms with Gasteiger partial charge in [-0.2, -0.15) is 5.10 Å². The van der Waals surface area contributed by atoms with E-state index in [0.29, 0.717) is 49.3 Å². The molecule has 10 nitrogen and oxygen atoms in total. The molecule has 154 valence electrons. The lowest BCUT2D eigenvalue weighted by molar-refractivity contribution is -0.384. The predicted molar refractivity (Wildman–Crippen MR) is 110 cm³/mol. The summed E-state index contributed by atoms with van der Waals surface area (Å²) in [6.45, 7) is 4.70. The summed E-state index contributed by atoms with van der Waals surface area (Å²) in [4.78, 5) is 28.6. The molecule has 1 aromatic heterocycles. The quantitative estimate of drug-likeness (QED) is 0.300. The van der Waals surface area contributed by atoms with Crippen molar-refractivity contribution in [3.8, 4) is 0 Å². The maximum atomic E-state index is 11.5. The monoisotopic (exact) mass is 419 g/mol. The van der Waals surface area contributed by atoms with Crippen LogP contribution < -0.4 is 10.3 Å². The lowest BCUT2D eigenvalue weighted by atomic mass is 10.1. The highest BCUT2D eigenvalue weighted by Crippen LogP contribution is 2.25. The first kappa shape index (κ1) is 20.7. The zero-order chi connectivity index (χ0) is 20.6. The number of anilines is 2. The summed E-state index contributed by atoms with van der Waals surface area (Å²) < 4.78 is 10.3. The van der Waals surface area contributed by atoms with Crippen molar-refractivity contribution in [2.75, 3.05) is 43.2 Å². The van der Waals surface area contributed by atoms with Crippen molar-refractivity contribution in [2.24, 2.45) is 5.10 Å². The largest absolute Gasteiger partial charge is 0.466 e. The number of esters is 1. The van der Waals surface area contributed by atoms with E-state index in [1.807, 2.05) is 0 Å². The van der Waals surface area contributed by atoms with Crippen molar-refractivity contribution in [1.82, 2.24) is 4.98 Å². The van der Waals surface area contributed by atoms with Crippen LogP contribution in [0, 0.1) is 10.1 Å². The number of carbonyl (C=O) groups is 1. The number of rotatable bonds is 8. The summed E-state index contributed by atoms with van der Waals surface area (Å²) in [6.07, 6.45) is 1.63. The second kappa shape index (κ2) is 9.94. The molecule has 1 saturated heterocycles. The Morgan fingerprint density at radius 3 is 3.00 bits per heavy atom. The van der Waals surface area contributed by atoms with Gasteiger partial charge in [0, 0.05) is 41.9 Å². The number of hydrazone groups is 1. The SMILES string of the molecule is CCOC(=O)Cc1csc(NN=Cc2cc([N+](=O)[O-])ccc2N2CCOCC2)n1. The summed E-state index contributed by atoms with van der Waals surface area (Å²) in [7, 11) is 0. The van der Waals surface area contributed by atoms with Crippen molar-refractivity contribution < 1.29 is 19.2 Å². The Hall–Kier alpha value is -3.05. The highest BCUT2D eigenvalue weighted by molar-refractivity contribution is 7.13. The summed E-state index contributed by atoms with van der Waals surface area (Å²) in [6, 6.07) is 4.70. The maximum Gasteiger partial charge on any atom is 0.311 e. The Morgan fingerprint density at radius 2 is 2.28 bits per heavy atom. The number of thiazole rings is 1. The maximum absolute atomic E-state index is 11.5. The van der Waals surface area contributed by atoms with Gasteiger partial charge in [0.25, 0.3) is 5.69 Å². The highest BCUT2D eigenvalue weighted by Gasteiger charge is 2.17. The van der Waals surface area contributed by atoms with Crippen LogP contribution in [0.1, 0.15) is 18.2 Å². The molecule has 0 aliphatic carbocycles. The second-order valence-corrected chi connectivity index (χ2v) is 6.95. The van der Waals surface area contributed by atoms with Gasteiger partial charge in [0.15, 0.2) is 0 Å². The van der Waals surface area contributed by atoms with Crippen LogP contribution in [0.25, 0.3) is 0 Å². The van der Waals surface area contributed by atoms with Crippen molar-refractivity contribution in [3.63, 3.8) is 0 Å². The van der Waals surface area contributed by atoms with Crippen LogP contribution in [0.3, 0.4) is 0 Å². The summed E-state index contributed by atoms with van der Waals surface area (Å²) in [5, 5.41) is 17.6. The number of hydrogen-bond acceptors (Lipinski definition) is 10. The molecule has 0 unspecified atom stereocenters. The number of nitro groups is 1.